The number of ether oxygens (including phenoxy) is 1. The molecule has 1 aromatic carbocycles. The standard InChI is InChI=1S/C16H25ClN2O/c1-19(15-5-3-4-6-15)10-9-18-12-13-11-14(17)7-8-16(13)20-2/h7-8,11,15,18H,3-6,9-10,12H2,1-2H3. The van der Waals surface area contributed by atoms with Crippen LogP contribution in [0.1, 0.15) is 31.2 Å². The molecule has 1 fully saturated rings. The van der Waals surface area contributed by atoms with Crippen molar-refractivity contribution in [2.24, 2.45) is 0 Å². The van der Waals surface area contributed by atoms with Gasteiger partial charge in [-0.05, 0) is 38.1 Å². The molecule has 1 saturated carbocycles. The van der Waals surface area contributed by atoms with Gasteiger partial charge in [0.1, 0.15) is 5.75 Å². The van der Waals surface area contributed by atoms with Crippen LogP contribution >= 0.6 is 11.6 Å². The predicted molar refractivity (Wildman–Crippen MR) is 84.6 cm³/mol. The second-order valence-corrected chi connectivity index (χ2v) is 5.99. The van der Waals surface area contributed by atoms with E-state index in [2.05, 4.69) is 17.3 Å². The summed E-state index contributed by atoms with van der Waals surface area (Å²) < 4.78 is 5.35. The van der Waals surface area contributed by atoms with Gasteiger partial charge in [0.2, 0.25) is 0 Å². The van der Waals surface area contributed by atoms with Crippen LogP contribution in [0.2, 0.25) is 5.02 Å². The Morgan fingerprint density at radius 1 is 1.35 bits per heavy atom. The molecule has 0 unspecified atom stereocenters. The lowest BCUT2D eigenvalue weighted by molar-refractivity contribution is 0.245. The number of likely N-dealkylation sites (N-methyl/N-ethyl adjacent to an activating group) is 1. The molecule has 1 aliphatic rings. The number of nitrogens with zero attached hydrogens (tertiary/aromatic N) is 1. The van der Waals surface area contributed by atoms with Crippen molar-refractivity contribution in [3.05, 3.63) is 28.8 Å². The first-order valence-electron chi connectivity index (χ1n) is 7.44. The Labute approximate surface area is 127 Å². The SMILES string of the molecule is COc1ccc(Cl)cc1CNCCN(C)C1CCCC1. The second-order valence-electron chi connectivity index (χ2n) is 5.55. The van der Waals surface area contributed by atoms with Gasteiger partial charge >= 0.3 is 0 Å². The highest BCUT2D eigenvalue weighted by atomic mass is 35.5. The quantitative estimate of drug-likeness (QED) is 0.781. The minimum Gasteiger partial charge on any atom is -0.496 e. The van der Waals surface area contributed by atoms with Crippen molar-refractivity contribution in [2.45, 2.75) is 38.3 Å². The molecule has 3 nitrogen and oxygen atoms in total. The van der Waals surface area contributed by atoms with Crippen LogP contribution in [0.5, 0.6) is 5.75 Å². The zero-order valence-corrected chi connectivity index (χ0v) is 13.2. The molecular weight excluding hydrogens is 272 g/mol. The Morgan fingerprint density at radius 2 is 2.10 bits per heavy atom. The van der Waals surface area contributed by atoms with Gasteiger partial charge in [-0.2, -0.15) is 0 Å². The Morgan fingerprint density at radius 3 is 2.80 bits per heavy atom. The summed E-state index contributed by atoms with van der Waals surface area (Å²) in [5.41, 5.74) is 1.11. The summed E-state index contributed by atoms with van der Waals surface area (Å²) in [6.07, 6.45) is 5.50. The van der Waals surface area contributed by atoms with Gasteiger partial charge in [0, 0.05) is 36.3 Å². The Hall–Kier alpha value is -0.770. The van der Waals surface area contributed by atoms with Gasteiger partial charge in [-0.25, -0.2) is 0 Å². The van der Waals surface area contributed by atoms with Crippen LogP contribution in [0.3, 0.4) is 0 Å². The summed E-state index contributed by atoms with van der Waals surface area (Å²) in [5, 5.41) is 4.23. The molecule has 0 spiro atoms. The maximum absolute atomic E-state index is 6.03. The third kappa shape index (κ3) is 4.37. The third-order valence-electron chi connectivity index (χ3n) is 4.15. The van der Waals surface area contributed by atoms with E-state index < -0.39 is 0 Å². The number of hydrogen-bond acceptors (Lipinski definition) is 3. The van der Waals surface area contributed by atoms with Gasteiger partial charge in [0.05, 0.1) is 7.11 Å². The molecule has 0 saturated heterocycles. The van der Waals surface area contributed by atoms with Crippen molar-refractivity contribution in [3.8, 4) is 5.75 Å². The molecule has 0 atom stereocenters. The van der Waals surface area contributed by atoms with Crippen molar-refractivity contribution in [1.82, 2.24) is 10.2 Å². The van der Waals surface area contributed by atoms with Gasteiger partial charge in [-0.1, -0.05) is 24.4 Å². The minimum absolute atomic E-state index is 0.755. The maximum atomic E-state index is 6.03. The first kappa shape index (κ1) is 15.6. The van der Waals surface area contributed by atoms with E-state index in [0.717, 1.165) is 42.0 Å². The summed E-state index contributed by atoms with van der Waals surface area (Å²) >= 11 is 6.03. The van der Waals surface area contributed by atoms with Crippen LogP contribution in [0.4, 0.5) is 0 Å². The average Bonchev–Trinajstić information content (AvgIpc) is 2.98. The topological polar surface area (TPSA) is 24.5 Å². The molecule has 0 amide bonds. The molecular formula is C16H25ClN2O. The van der Waals surface area contributed by atoms with Crippen LogP contribution in [0, 0.1) is 0 Å². The van der Waals surface area contributed by atoms with Gasteiger partial charge < -0.3 is 15.0 Å². The fourth-order valence-corrected chi connectivity index (χ4v) is 3.09. The summed E-state index contributed by atoms with van der Waals surface area (Å²) in [7, 11) is 3.93. The lowest BCUT2D eigenvalue weighted by Crippen LogP contribution is -2.35. The molecule has 0 heterocycles. The molecule has 4 heteroatoms. The number of rotatable bonds is 7. The summed E-state index contributed by atoms with van der Waals surface area (Å²) in [4.78, 5) is 2.48. The number of nitrogens with one attached hydrogen (secondary N) is 1. The van der Waals surface area contributed by atoms with E-state index in [1.807, 2.05) is 18.2 Å². The number of methoxy groups -OCH3 is 1. The zero-order chi connectivity index (χ0) is 14.4. The first-order valence-corrected chi connectivity index (χ1v) is 7.82. The second kappa shape index (κ2) is 7.87. The van der Waals surface area contributed by atoms with E-state index in [9.17, 15) is 0 Å². The van der Waals surface area contributed by atoms with E-state index in [1.165, 1.54) is 25.7 Å². The van der Waals surface area contributed by atoms with Crippen LogP contribution in [-0.2, 0) is 6.54 Å². The highest BCUT2D eigenvalue weighted by Gasteiger charge is 2.18. The smallest absolute Gasteiger partial charge is 0.123 e. The average molecular weight is 297 g/mol. The monoisotopic (exact) mass is 296 g/mol. The maximum Gasteiger partial charge on any atom is 0.123 e. The van der Waals surface area contributed by atoms with Crippen molar-refractivity contribution >= 4 is 11.6 Å². The zero-order valence-electron chi connectivity index (χ0n) is 12.5. The molecule has 112 valence electrons. The fraction of sp³-hybridized carbons (Fsp3) is 0.625. The van der Waals surface area contributed by atoms with Crippen LogP contribution in [0.25, 0.3) is 0 Å². The van der Waals surface area contributed by atoms with Gasteiger partial charge in [0.15, 0.2) is 0 Å². The highest BCUT2D eigenvalue weighted by molar-refractivity contribution is 6.30. The fourth-order valence-electron chi connectivity index (χ4n) is 2.89. The van der Waals surface area contributed by atoms with Crippen molar-refractivity contribution in [3.63, 3.8) is 0 Å². The van der Waals surface area contributed by atoms with E-state index in [4.69, 9.17) is 16.3 Å². The minimum atomic E-state index is 0.755. The van der Waals surface area contributed by atoms with Crippen LogP contribution in [-0.4, -0.2) is 38.2 Å². The largest absolute Gasteiger partial charge is 0.496 e. The summed E-state index contributed by atoms with van der Waals surface area (Å²) in [6.45, 7) is 2.87. The van der Waals surface area contributed by atoms with Crippen molar-refractivity contribution in [1.29, 1.82) is 0 Å². The summed E-state index contributed by atoms with van der Waals surface area (Å²) in [6, 6.07) is 6.54. The lowest BCUT2D eigenvalue weighted by Gasteiger charge is -2.24. The Balaban J connectivity index is 1.74. The highest BCUT2D eigenvalue weighted by Crippen LogP contribution is 2.23. The third-order valence-corrected chi connectivity index (χ3v) is 4.38. The molecule has 2 rings (SSSR count). The molecule has 0 bridgehead atoms. The Kier molecular flexibility index (Phi) is 6.14. The van der Waals surface area contributed by atoms with Crippen molar-refractivity contribution < 1.29 is 4.74 Å². The molecule has 0 aliphatic heterocycles. The van der Waals surface area contributed by atoms with E-state index in [1.54, 1.807) is 7.11 Å². The van der Waals surface area contributed by atoms with Crippen LogP contribution < -0.4 is 10.1 Å². The lowest BCUT2D eigenvalue weighted by atomic mass is 10.2. The van der Waals surface area contributed by atoms with E-state index >= 15 is 0 Å². The molecule has 20 heavy (non-hydrogen) atoms. The number of benzene rings is 1. The molecule has 0 radical (unpaired) electrons. The Bertz CT molecular complexity index is 419. The predicted octanol–water partition coefficient (Wildman–Crippen LogP) is 3.31. The summed E-state index contributed by atoms with van der Waals surface area (Å²) in [5.74, 6) is 0.894. The van der Waals surface area contributed by atoms with E-state index in [-0.39, 0.29) is 0 Å². The van der Waals surface area contributed by atoms with Gasteiger partial charge in [-0.15, -0.1) is 0 Å². The van der Waals surface area contributed by atoms with Crippen molar-refractivity contribution in [2.75, 3.05) is 27.2 Å². The molecule has 1 aliphatic carbocycles. The van der Waals surface area contributed by atoms with E-state index in [0.29, 0.717) is 0 Å². The van der Waals surface area contributed by atoms with Crippen LogP contribution in [0.15, 0.2) is 18.2 Å². The van der Waals surface area contributed by atoms with Gasteiger partial charge in [-0.3, -0.25) is 0 Å². The van der Waals surface area contributed by atoms with Gasteiger partial charge in [0.25, 0.3) is 0 Å². The first-order chi connectivity index (χ1) is 9.70. The number of halogens is 1. The molecule has 1 aromatic rings. The normalized spacial score (nSPS) is 16.0. The molecule has 0 aromatic heterocycles. The molecule has 1 N–H and O–H groups in total. The number of hydrogen-bond donors (Lipinski definition) is 1.